The van der Waals surface area contributed by atoms with E-state index >= 15 is 0 Å². The van der Waals surface area contributed by atoms with Crippen LogP contribution in [0.3, 0.4) is 0 Å². The number of benzene rings is 1. The third-order valence-electron chi connectivity index (χ3n) is 3.23. The van der Waals surface area contributed by atoms with Gasteiger partial charge in [-0.25, -0.2) is 0 Å². The molecule has 0 aliphatic heterocycles. The van der Waals surface area contributed by atoms with E-state index < -0.39 is 0 Å². The predicted molar refractivity (Wildman–Crippen MR) is 89.6 cm³/mol. The normalized spacial score (nSPS) is 11.8. The second-order valence-corrected chi connectivity index (χ2v) is 6.90. The molecular formula is C15H17BrN6. The number of nitrogens with one attached hydrogen (secondary N) is 1. The molecule has 0 amide bonds. The fraction of sp³-hybridized carbons (Fsp3) is 0.333. The fourth-order valence-corrected chi connectivity index (χ4v) is 2.67. The van der Waals surface area contributed by atoms with Gasteiger partial charge in [0, 0.05) is 33.3 Å². The molecule has 3 rings (SSSR count). The van der Waals surface area contributed by atoms with E-state index in [9.17, 15) is 0 Å². The number of fused-ring (bicyclic) bond motifs is 1. The first-order valence-corrected chi connectivity index (χ1v) is 7.80. The minimum atomic E-state index is -0.167. The Morgan fingerprint density at radius 2 is 2.05 bits per heavy atom. The number of rotatable bonds is 3. The summed E-state index contributed by atoms with van der Waals surface area (Å²) in [5.41, 5.74) is 0.846. The zero-order valence-electron chi connectivity index (χ0n) is 12.7. The Balaban J connectivity index is 1.84. The summed E-state index contributed by atoms with van der Waals surface area (Å²) in [7, 11) is 0. The number of tetrazole rings is 1. The van der Waals surface area contributed by atoms with Gasteiger partial charge in [0.15, 0.2) is 5.82 Å². The molecule has 0 radical (unpaired) electrons. The van der Waals surface area contributed by atoms with Crippen LogP contribution in [0, 0.1) is 0 Å². The smallest absolute Gasteiger partial charge is 0.193 e. The SMILES string of the molecule is CC(C)(C)n1nnc(CNc2cccc3cncc(Br)c23)n1. The van der Waals surface area contributed by atoms with Gasteiger partial charge in [-0.15, -0.1) is 10.2 Å². The number of hydrogen-bond acceptors (Lipinski definition) is 5. The van der Waals surface area contributed by atoms with Gasteiger partial charge in [-0.1, -0.05) is 12.1 Å². The maximum atomic E-state index is 4.41. The van der Waals surface area contributed by atoms with E-state index in [2.05, 4.69) is 41.6 Å². The van der Waals surface area contributed by atoms with E-state index in [1.807, 2.05) is 45.2 Å². The van der Waals surface area contributed by atoms with Crippen LogP contribution in [0.1, 0.15) is 26.6 Å². The summed E-state index contributed by atoms with van der Waals surface area (Å²) >= 11 is 3.55. The van der Waals surface area contributed by atoms with Crippen molar-refractivity contribution in [2.45, 2.75) is 32.9 Å². The van der Waals surface area contributed by atoms with Crippen LogP contribution in [0.2, 0.25) is 0 Å². The zero-order chi connectivity index (χ0) is 15.7. The van der Waals surface area contributed by atoms with Crippen LogP contribution >= 0.6 is 15.9 Å². The topological polar surface area (TPSA) is 68.5 Å². The Morgan fingerprint density at radius 3 is 2.77 bits per heavy atom. The standard InChI is InChI=1S/C15H17BrN6/c1-15(2,3)22-20-13(19-21-22)9-18-12-6-4-5-10-7-17-8-11(16)14(10)12/h4-8,18H,9H2,1-3H3. The molecule has 3 aromatic rings. The Labute approximate surface area is 137 Å². The number of halogens is 1. The summed E-state index contributed by atoms with van der Waals surface area (Å²) in [5.74, 6) is 0.664. The Bertz CT molecular complexity index is 800. The van der Waals surface area contributed by atoms with E-state index in [0.29, 0.717) is 12.4 Å². The van der Waals surface area contributed by atoms with Crippen LogP contribution < -0.4 is 5.32 Å². The average Bonchev–Trinajstić information content (AvgIpc) is 2.94. The summed E-state index contributed by atoms with van der Waals surface area (Å²) in [6.45, 7) is 6.64. The van der Waals surface area contributed by atoms with Gasteiger partial charge in [0.05, 0.1) is 12.1 Å². The first-order valence-electron chi connectivity index (χ1n) is 7.00. The van der Waals surface area contributed by atoms with Gasteiger partial charge < -0.3 is 5.32 Å². The lowest BCUT2D eigenvalue weighted by atomic mass is 10.1. The molecule has 0 saturated heterocycles. The van der Waals surface area contributed by atoms with Crippen molar-refractivity contribution >= 4 is 32.4 Å². The molecule has 0 fully saturated rings. The van der Waals surface area contributed by atoms with Gasteiger partial charge in [0.2, 0.25) is 0 Å². The third kappa shape index (κ3) is 2.94. The predicted octanol–water partition coefficient (Wildman–Crippen LogP) is 3.35. The van der Waals surface area contributed by atoms with Crippen LogP contribution in [0.15, 0.2) is 35.1 Å². The summed E-state index contributed by atoms with van der Waals surface area (Å²) in [4.78, 5) is 5.82. The van der Waals surface area contributed by atoms with E-state index in [-0.39, 0.29) is 5.54 Å². The van der Waals surface area contributed by atoms with Crippen molar-refractivity contribution in [2.24, 2.45) is 0 Å². The molecule has 0 bridgehead atoms. The van der Waals surface area contributed by atoms with E-state index in [1.165, 1.54) is 0 Å². The lowest BCUT2D eigenvalue weighted by Crippen LogP contribution is -2.24. The quantitative estimate of drug-likeness (QED) is 0.775. The average molecular weight is 361 g/mol. The lowest BCUT2D eigenvalue weighted by molar-refractivity contribution is 0.305. The van der Waals surface area contributed by atoms with Crippen molar-refractivity contribution in [2.75, 3.05) is 5.32 Å². The number of pyridine rings is 1. The molecule has 22 heavy (non-hydrogen) atoms. The van der Waals surface area contributed by atoms with Crippen LogP contribution in [0.25, 0.3) is 10.8 Å². The molecule has 6 nitrogen and oxygen atoms in total. The van der Waals surface area contributed by atoms with E-state index in [0.717, 1.165) is 20.9 Å². The lowest BCUT2D eigenvalue weighted by Gasteiger charge is -2.15. The summed E-state index contributed by atoms with van der Waals surface area (Å²) < 4.78 is 0.958. The van der Waals surface area contributed by atoms with Gasteiger partial charge in [-0.05, 0) is 48.0 Å². The van der Waals surface area contributed by atoms with Gasteiger partial charge in [0.1, 0.15) is 0 Å². The summed E-state index contributed by atoms with van der Waals surface area (Å²) in [5, 5.41) is 18.1. The van der Waals surface area contributed by atoms with Gasteiger partial charge in [-0.3, -0.25) is 4.98 Å². The number of hydrogen-bond donors (Lipinski definition) is 1. The van der Waals surface area contributed by atoms with E-state index in [1.54, 1.807) is 11.0 Å². The van der Waals surface area contributed by atoms with Crippen molar-refractivity contribution in [3.8, 4) is 0 Å². The Hall–Kier alpha value is -2.02. The monoisotopic (exact) mass is 360 g/mol. The Kier molecular flexibility index (Phi) is 3.82. The third-order valence-corrected chi connectivity index (χ3v) is 3.83. The number of nitrogens with zero attached hydrogens (tertiary/aromatic N) is 5. The maximum Gasteiger partial charge on any atom is 0.193 e. The molecule has 0 spiro atoms. The molecule has 0 atom stereocenters. The highest BCUT2D eigenvalue weighted by Crippen LogP contribution is 2.29. The van der Waals surface area contributed by atoms with Crippen molar-refractivity contribution in [3.05, 3.63) is 40.9 Å². The molecule has 0 aliphatic rings. The van der Waals surface area contributed by atoms with Crippen molar-refractivity contribution in [1.82, 2.24) is 25.2 Å². The van der Waals surface area contributed by atoms with Crippen LogP contribution in [-0.2, 0) is 12.1 Å². The largest absolute Gasteiger partial charge is 0.377 e. The molecule has 0 aliphatic carbocycles. The summed E-state index contributed by atoms with van der Waals surface area (Å²) in [6, 6.07) is 6.06. The first kappa shape index (κ1) is 14.9. The molecular weight excluding hydrogens is 344 g/mol. The van der Waals surface area contributed by atoms with E-state index in [4.69, 9.17) is 0 Å². The van der Waals surface area contributed by atoms with Gasteiger partial charge in [0.25, 0.3) is 0 Å². The van der Waals surface area contributed by atoms with Crippen LogP contribution in [-0.4, -0.2) is 25.2 Å². The van der Waals surface area contributed by atoms with Crippen LogP contribution in [0.4, 0.5) is 5.69 Å². The fourth-order valence-electron chi connectivity index (χ4n) is 2.11. The Morgan fingerprint density at radius 1 is 1.23 bits per heavy atom. The second-order valence-electron chi connectivity index (χ2n) is 6.04. The molecule has 7 heteroatoms. The van der Waals surface area contributed by atoms with Crippen molar-refractivity contribution < 1.29 is 0 Å². The van der Waals surface area contributed by atoms with Crippen molar-refractivity contribution in [1.29, 1.82) is 0 Å². The van der Waals surface area contributed by atoms with Crippen LogP contribution in [0.5, 0.6) is 0 Å². The van der Waals surface area contributed by atoms with Gasteiger partial charge in [-0.2, -0.15) is 4.80 Å². The van der Waals surface area contributed by atoms with Gasteiger partial charge >= 0.3 is 0 Å². The van der Waals surface area contributed by atoms with Crippen molar-refractivity contribution in [3.63, 3.8) is 0 Å². The highest BCUT2D eigenvalue weighted by molar-refractivity contribution is 9.10. The maximum absolute atomic E-state index is 4.41. The molecule has 1 N–H and O–H groups in total. The highest BCUT2D eigenvalue weighted by Gasteiger charge is 2.16. The molecule has 1 aromatic carbocycles. The molecule has 2 aromatic heterocycles. The molecule has 2 heterocycles. The zero-order valence-corrected chi connectivity index (χ0v) is 14.3. The number of anilines is 1. The second kappa shape index (κ2) is 5.64. The summed E-state index contributed by atoms with van der Waals surface area (Å²) in [6.07, 6.45) is 3.64. The number of aromatic nitrogens is 5. The molecule has 0 unspecified atom stereocenters. The molecule has 0 saturated carbocycles. The minimum absolute atomic E-state index is 0.167. The highest BCUT2D eigenvalue weighted by atomic mass is 79.9. The first-order chi connectivity index (χ1) is 10.4. The molecule has 114 valence electrons. The minimum Gasteiger partial charge on any atom is -0.377 e.